The van der Waals surface area contributed by atoms with Crippen molar-refractivity contribution in [3.63, 3.8) is 0 Å². The van der Waals surface area contributed by atoms with Crippen molar-refractivity contribution in [3.8, 4) is 0 Å². The lowest BCUT2D eigenvalue weighted by molar-refractivity contribution is -0.196. The Bertz CT molecular complexity index is 476. The molecular formula is C19H36O7. The molecule has 0 heterocycles. The lowest BCUT2D eigenvalue weighted by atomic mass is 9.89. The predicted molar refractivity (Wildman–Crippen MR) is 98.6 cm³/mol. The van der Waals surface area contributed by atoms with E-state index in [1.807, 2.05) is 27.7 Å². The largest absolute Gasteiger partial charge is 0.457 e. The summed E-state index contributed by atoms with van der Waals surface area (Å²) in [5, 5.41) is 0. The summed E-state index contributed by atoms with van der Waals surface area (Å²) in [5.74, 6) is -1.07. The van der Waals surface area contributed by atoms with Crippen LogP contribution in [-0.2, 0) is 33.3 Å². The second-order valence-electron chi connectivity index (χ2n) is 8.03. The van der Waals surface area contributed by atoms with Gasteiger partial charge in [-0.05, 0) is 55.4 Å². The van der Waals surface area contributed by atoms with E-state index in [1.165, 1.54) is 20.8 Å². The topological polar surface area (TPSA) is 88.1 Å². The van der Waals surface area contributed by atoms with Crippen LogP contribution in [0.4, 0.5) is 0 Å². The van der Waals surface area contributed by atoms with Crippen molar-refractivity contribution in [2.75, 3.05) is 7.11 Å². The molecule has 0 amide bonds. The molecular weight excluding hydrogens is 340 g/mol. The Morgan fingerprint density at radius 1 is 0.500 bits per heavy atom. The second-order valence-corrected chi connectivity index (χ2v) is 8.03. The Kier molecular flexibility index (Phi) is 9.56. The number of hydrogen-bond donors (Lipinski definition) is 0. The number of carbonyl (C=O) groups is 3. The second kappa shape index (κ2) is 9.35. The summed E-state index contributed by atoms with van der Waals surface area (Å²) in [6.45, 7) is 18.3. The molecule has 0 N–H and O–H groups in total. The zero-order valence-electron chi connectivity index (χ0n) is 18.4. The molecule has 0 aliphatic heterocycles. The van der Waals surface area contributed by atoms with Crippen molar-refractivity contribution in [3.05, 3.63) is 0 Å². The minimum absolute atomic E-state index is 0.287. The van der Waals surface area contributed by atoms with Crippen LogP contribution < -0.4 is 0 Å². The van der Waals surface area contributed by atoms with E-state index in [1.54, 1.807) is 34.8 Å². The summed E-state index contributed by atoms with van der Waals surface area (Å²) in [6, 6.07) is 0. The van der Waals surface area contributed by atoms with Crippen molar-refractivity contribution in [2.45, 2.75) is 98.6 Å². The fourth-order valence-electron chi connectivity index (χ4n) is 1.69. The minimum Gasteiger partial charge on any atom is -0.457 e. The van der Waals surface area contributed by atoms with Crippen molar-refractivity contribution >= 4 is 17.9 Å². The summed E-state index contributed by atoms with van der Waals surface area (Å²) in [4.78, 5) is 32.4. The SMILES string of the molecule is CC(=O)OC(C)(C)C(C)(C)OC(C)=O.COC(C)(C)C(C)(C)OC(C)=O. The lowest BCUT2D eigenvalue weighted by Gasteiger charge is -2.39. The average Bonchev–Trinajstić information content (AvgIpc) is 2.34. The molecule has 0 aliphatic carbocycles. The standard InChI is InChI=1S/C10H18O4.C9H18O3/c1-7(11)13-9(3,4)10(5,6)14-8(2)12;1-7(10)12-9(4,5)8(2,3)11-6/h1-6H3;1-6H3. The van der Waals surface area contributed by atoms with Crippen LogP contribution in [0.1, 0.15) is 76.2 Å². The molecule has 0 aromatic heterocycles. The number of carbonyl (C=O) groups excluding carboxylic acids is 3. The van der Waals surface area contributed by atoms with Gasteiger partial charge < -0.3 is 18.9 Å². The van der Waals surface area contributed by atoms with Gasteiger partial charge in [-0.3, -0.25) is 14.4 Å². The minimum atomic E-state index is -0.843. The van der Waals surface area contributed by atoms with Gasteiger partial charge in [-0.1, -0.05) is 0 Å². The molecule has 0 rings (SSSR count). The molecule has 0 spiro atoms. The maximum absolute atomic E-state index is 10.8. The third-order valence-electron chi connectivity index (χ3n) is 4.61. The number of esters is 3. The van der Waals surface area contributed by atoms with Crippen molar-refractivity contribution < 1.29 is 33.3 Å². The first-order chi connectivity index (χ1) is 11.3. The number of hydrogen-bond acceptors (Lipinski definition) is 7. The van der Waals surface area contributed by atoms with E-state index in [-0.39, 0.29) is 5.97 Å². The Hall–Kier alpha value is -1.63. The lowest BCUT2D eigenvalue weighted by Crippen LogP contribution is -2.51. The van der Waals surface area contributed by atoms with Gasteiger partial charge in [0.1, 0.15) is 22.4 Å². The van der Waals surface area contributed by atoms with E-state index in [0.717, 1.165) is 0 Å². The Morgan fingerprint density at radius 3 is 0.846 bits per heavy atom. The van der Waals surface area contributed by atoms with Crippen molar-refractivity contribution in [2.24, 2.45) is 0 Å². The molecule has 0 bridgehead atoms. The smallest absolute Gasteiger partial charge is 0.303 e. The zero-order chi connectivity index (χ0) is 21.6. The highest BCUT2D eigenvalue weighted by molar-refractivity contribution is 5.68. The van der Waals surface area contributed by atoms with E-state index in [0.29, 0.717) is 0 Å². The molecule has 0 aliphatic rings. The molecule has 26 heavy (non-hydrogen) atoms. The first-order valence-corrected chi connectivity index (χ1v) is 8.45. The van der Waals surface area contributed by atoms with E-state index in [4.69, 9.17) is 18.9 Å². The van der Waals surface area contributed by atoms with Gasteiger partial charge in [0.25, 0.3) is 0 Å². The summed E-state index contributed by atoms with van der Waals surface area (Å²) < 4.78 is 20.5. The molecule has 0 unspecified atom stereocenters. The molecule has 0 saturated heterocycles. The molecule has 0 aromatic rings. The highest BCUT2D eigenvalue weighted by atomic mass is 16.6. The highest BCUT2D eigenvalue weighted by Crippen LogP contribution is 2.29. The van der Waals surface area contributed by atoms with Gasteiger partial charge in [0.05, 0.1) is 0 Å². The fourth-order valence-corrected chi connectivity index (χ4v) is 1.69. The van der Waals surface area contributed by atoms with Crippen molar-refractivity contribution in [1.82, 2.24) is 0 Å². The molecule has 7 nitrogen and oxygen atoms in total. The monoisotopic (exact) mass is 376 g/mol. The fraction of sp³-hybridized carbons (Fsp3) is 0.842. The van der Waals surface area contributed by atoms with E-state index < -0.39 is 34.3 Å². The van der Waals surface area contributed by atoms with Crippen LogP contribution in [0.5, 0.6) is 0 Å². The van der Waals surface area contributed by atoms with Crippen LogP contribution in [-0.4, -0.2) is 47.4 Å². The molecule has 154 valence electrons. The highest BCUT2D eigenvalue weighted by Gasteiger charge is 2.43. The van der Waals surface area contributed by atoms with Crippen LogP contribution in [0.15, 0.2) is 0 Å². The van der Waals surface area contributed by atoms with Crippen LogP contribution in [0, 0.1) is 0 Å². The summed E-state index contributed by atoms with van der Waals surface area (Å²) in [6.07, 6.45) is 0. The maximum Gasteiger partial charge on any atom is 0.303 e. The molecule has 0 saturated carbocycles. The third-order valence-corrected chi connectivity index (χ3v) is 4.61. The average molecular weight is 376 g/mol. The molecule has 0 aromatic carbocycles. The summed E-state index contributed by atoms with van der Waals surface area (Å²) in [7, 11) is 1.60. The number of ether oxygens (including phenoxy) is 4. The van der Waals surface area contributed by atoms with E-state index in [9.17, 15) is 14.4 Å². The number of methoxy groups -OCH3 is 1. The normalized spacial score (nSPS) is 12.5. The first-order valence-electron chi connectivity index (χ1n) is 8.45. The van der Waals surface area contributed by atoms with Gasteiger partial charge >= 0.3 is 17.9 Å². The quantitative estimate of drug-likeness (QED) is 0.518. The Labute approximate surface area is 157 Å². The van der Waals surface area contributed by atoms with Gasteiger partial charge in [0, 0.05) is 27.9 Å². The van der Waals surface area contributed by atoms with Crippen LogP contribution in [0.3, 0.4) is 0 Å². The molecule has 0 radical (unpaired) electrons. The van der Waals surface area contributed by atoms with Gasteiger partial charge in [-0.2, -0.15) is 0 Å². The van der Waals surface area contributed by atoms with Gasteiger partial charge in [-0.25, -0.2) is 0 Å². The number of rotatable bonds is 6. The van der Waals surface area contributed by atoms with Gasteiger partial charge in [0.2, 0.25) is 0 Å². The Balaban J connectivity index is 0. The van der Waals surface area contributed by atoms with Crippen LogP contribution in [0.2, 0.25) is 0 Å². The zero-order valence-corrected chi connectivity index (χ0v) is 18.4. The van der Waals surface area contributed by atoms with Gasteiger partial charge in [0.15, 0.2) is 0 Å². The first kappa shape index (κ1) is 26.6. The van der Waals surface area contributed by atoms with Crippen LogP contribution in [0.25, 0.3) is 0 Å². The van der Waals surface area contributed by atoms with Crippen LogP contribution >= 0.6 is 0 Å². The summed E-state index contributed by atoms with van der Waals surface area (Å²) in [5.41, 5.74) is -2.76. The van der Waals surface area contributed by atoms with E-state index >= 15 is 0 Å². The predicted octanol–water partition coefficient (Wildman–Crippen LogP) is 3.42. The molecule has 7 heteroatoms. The van der Waals surface area contributed by atoms with Gasteiger partial charge in [-0.15, -0.1) is 0 Å². The molecule has 0 fully saturated rings. The molecule has 0 atom stereocenters. The van der Waals surface area contributed by atoms with E-state index in [2.05, 4.69) is 0 Å². The third kappa shape index (κ3) is 8.65. The Morgan fingerprint density at radius 2 is 0.692 bits per heavy atom. The maximum atomic E-state index is 10.8. The van der Waals surface area contributed by atoms with Crippen molar-refractivity contribution in [1.29, 1.82) is 0 Å². The summed E-state index contributed by atoms with van der Waals surface area (Å²) >= 11 is 0.